The molecule has 278 valence electrons. The zero-order chi connectivity index (χ0) is 39.5. The Morgan fingerprint density at radius 3 is 1.68 bits per heavy atom. The fourth-order valence-corrected chi connectivity index (χ4v) is 9.25. The van der Waals surface area contributed by atoms with E-state index < -0.39 is 0 Å². The molecule has 0 saturated carbocycles. The van der Waals surface area contributed by atoms with E-state index in [1.807, 2.05) is 18.2 Å². The SMILES string of the molecule is CC1(C)c2cc3ccccc3cc2-c2c(-c3c(-c4ccc(-c5cc(-c6cccc(-c7ccccc7)c6)nc(-c6ccccc6)n5)cc4)ccc4ccccc34)cccc21. The Morgan fingerprint density at radius 2 is 0.915 bits per heavy atom. The summed E-state index contributed by atoms with van der Waals surface area (Å²) in [6.45, 7) is 4.75. The summed E-state index contributed by atoms with van der Waals surface area (Å²) in [5.74, 6) is 0.707. The van der Waals surface area contributed by atoms with Crippen LogP contribution in [0, 0.1) is 0 Å². The predicted molar refractivity (Wildman–Crippen MR) is 247 cm³/mol. The number of hydrogen-bond acceptors (Lipinski definition) is 2. The molecule has 9 aromatic carbocycles. The van der Waals surface area contributed by atoms with Gasteiger partial charge in [-0.15, -0.1) is 0 Å². The number of hydrogen-bond donors (Lipinski definition) is 0. The van der Waals surface area contributed by atoms with Gasteiger partial charge in [0.15, 0.2) is 5.82 Å². The van der Waals surface area contributed by atoms with E-state index >= 15 is 0 Å². The van der Waals surface area contributed by atoms with Gasteiger partial charge in [-0.1, -0.05) is 196 Å². The molecule has 59 heavy (non-hydrogen) atoms. The minimum atomic E-state index is -0.130. The Kier molecular flexibility index (Phi) is 8.20. The molecule has 0 amide bonds. The van der Waals surface area contributed by atoms with Gasteiger partial charge in [-0.25, -0.2) is 9.97 Å². The van der Waals surface area contributed by atoms with Gasteiger partial charge >= 0.3 is 0 Å². The van der Waals surface area contributed by atoms with Gasteiger partial charge in [-0.2, -0.15) is 0 Å². The lowest BCUT2D eigenvalue weighted by atomic mass is 9.81. The van der Waals surface area contributed by atoms with E-state index in [4.69, 9.17) is 9.97 Å². The fourth-order valence-electron chi connectivity index (χ4n) is 9.25. The average molecular weight is 753 g/mol. The molecular formula is C57H40N2. The summed E-state index contributed by atoms with van der Waals surface area (Å²) in [7, 11) is 0. The van der Waals surface area contributed by atoms with Crippen molar-refractivity contribution in [2.45, 2.75) is 19.3 Å². The van der Waals surface area contributed by atoms with E-state index in [0.717, 1.165) is 39.2 Å². The molecule has 0 aliphatic heterocycles. The van der Waals surface area contributed by atoms with Crippen LogP contribution in [0.25, 0.3) is 100.0 Å². The molecule has 0 unspecified atom stereocenters. The van der Waals surface area contributed by atoms with Crippen molar-refractivity contribution < 1.29 is 0 Å². The maximum Gasteiger partial charge on any atom is 0.160 e. The molecule has 1 aromatic heterocycles. The maximum atomic E-state index is 5.17. The lowest BCUT2D eigenvalue weighted by molar-refractivity contribution is 0.661. The molecule has 0 N–H and O–H groups in total. The maximum absolute atomic E-state index is 5.17. The van der Waals surface area contributed by atoms with Crippen LogP contribution in [0.4, 0.5) is 0 Å². The van der Waals surface area contributed by atoms with Crippen LogP contribution in [0.15, 0.2) is 206 Å². The first-order chi connectivity index (χ1) is 29.0. The molecule has 0 radical (unpaired) electrons. The molecule has 2 heteroatoms. The lowest BCUT2D eigenvalue weighted by Crippen LogP contribution is -2.14. The smallest absolute Gasteiger partial charge is 0.160 e. The third kappa shape index (κ3) is 5.96. The first-order valence-electron chi connectivity index (χ1n) is 20.4. The highest BCUT2D eigenvalue weighted by molar-refractivity contribution is 6.09. The highest BCUT2D eigenvalue weighted by atomic mass is 14.9. The van der Waals surface area contributed by atoms with Crippen LogP contribution >= 0.6 is 0 Å². The van der Waals surface area contributed by atoms with Crippen LogP contribution in [-0.4, -0.2) is 9.97 Å². The molecule has 0 spiro atoms. The monoisotopic (exact) mass is 752 g/mol. The van der Waals surface area contributed by atoms with Crippen LogP contribution in [-0.2, 0) is 5.41 Å². The Labute approximate surface area is 345 Å². The van der Waals surface area contributed by atoms with E-state index in [9.17, 15) is 0 Å². The number of benzene rings is 9. The normalized spacial score (nSPS) is 12.7. The van der Waals surface area contributed by atoms with Crippen molar-refractivity contribution in [3.05, 3.63) is 217 Å². The quantitative estimate of drug-likeness (QED) is 0.169. The van der Waals surface area contributed by atoms with E-state index in [2.05, 4.69) is 202 Å². The van der Waals surface area contributed by atoms with Crippen LogP contribution < -0.4 is 0 Å². The second-order valence-corrected chi connectivity index (χ2v) is 16.2. The summed E-state index contributed by atoms with van der Waals surface area (Å²) in [5.41, 5.74) is 17.4. The van der Waals surface area contributed by atoms with Gasteiger partial charge in [-0.3, -0.25) is 0 Å². The van der Waals surface area contributed by atoms with Gasteiger partial charge < -0.3 is 0 Å². The molecule has 1 aliphatic rings. The first kappa shape index (κ1) is 34.8. The summed E-state index contributed by atoms with van der Waals surface area (Å²) in [6, 6.07) is 74.4. The van der Waals surface area contributed by atoms with Crippen LogP contribution in [0.1, 0.15) is 25.0 Å². The zero-order valence-corrected chi connectivity index (χ0v) is 33.0. The molecule has 0 fully saturated rings. The number of rotatable bonds is 6. The third-order valence-corrected chi connectivity index (χ3v) is 12.3. The van der Waals surface area contributed by atoms with E-state index in [-0.39, 0.29) is 5.41 Å². The van der Waals surface area contributed by atoms with Crippen LogP contribution in [0.5, 0.6) is 0 Å². The van der Waals surface area contributed by atoms with Crippen molar-refractivity contribution in [2.24, 2.45) is 0 Å². The second kappa shape index (κ2) is 13.9. The largest absolute Gasteiger partial charge is 0.228 e. The Morgan fingerprint density at radius 1 is 0.322 bits per heavy atom. The summed E-state index contributed by atoms with van der Waals surface area (Å²) in [6.07, 6.45) is 0. The molecule has 0 atom stereocenters. The Balaban J connectivity index is 1.06. The third-order valence-electron chi connectivity index (χ3n) is 12.3. The van der Waals surface area contributed by atoms with E-state index in [1.54, 1.807) is 0 Å². The van der Waals surface area contributed by atoms with Crippen molar-refractivity contribution in [2.75, 3.05) is 0 Å². The fraction of sp³-hybridized carbons (Fsp3) is 0.0526. The predicted octanol–water partition coefficient (Wildman–Crippen LogP) is 15.1. The number of nitrogens with zero attached hydrogens (tertiary/aromatic N) is 2. The lowest BCUT2D eigenvalue weighted by Gasteiger charge is -2.22. The van der Waals surface area contributed by atoms with Crippen LogP contribution in [0.3, 0.4) is 0 Å². The average Bonchev–Trinajstić information content (AvgIpc) is 3.53. The molecule has 2 nitrogen and oxygen atoms in total. The highest BCUT2D eigenvalue weighted by Crippen LogP contribution is 2.55. The second-order valence-electron chi connectivity index (χ2n) is 16.2. The van der Waals surface area contributed by atoms with Crippen molar-refractivity contribution in [1.82, 2.24) is 9.97 Å². The minimum absolute atomic E-state index is 0.130. The number of aromatic nitrogens is 2. The molecular weight excluding hydrogens is 713 g/mol. The summed E-state index contributed by atoms with van der Waals surface area (Å²) < 4.78 is 0. The minimum Gasteiger partial charge on any atom is -0.228 e. The molecule has 0 bridgehead atoms. The molecule has 1 aliphatic carbocycles. The zero-order valence-electron chi connectivity index (χ0n) is 33.0. The summed E-state index contributed by atoms with van der Waals surface area (Å²) in [4.78, 5) is 10.3. The van der Waals surface area contributed by atoms with Gasteiger partial charge in [0.2, 0.25) is 0 Å². The van der Waals surface area contributed by atoms with E-state index in [1.165, 1.54) is 66.1 Å². The van der Waals surface area contributed by atoms with Gasteiger partial charge in [0.05, 0.1) is 11.4 Å². The standard InChI is InChI=1S/C57H40N2/c1-57(2)50-26-14-25-48(55(50)49-34-43-20-9-10-21-44(43)35-51(49)57)54-46-24-12-11-17-38(46)31-32-47(54)39-27-29-40(30-28-39)52-36-53(59-56(58-52)41-18-7-4-8-19-41)45-23-13-22-42(33-45)37-15-5-3-6-16-37/h3-36H,1-2H3. The van der Waals surface area contributed by atoms with Gasteiger partial charge in [-0.05, 0) is 101 Å². The highest BCUT2D eigenvalue weighted by Gasteiger charge is 2.37. The van der Waals surface area contributed by atoms with E-state index in [0.29, 0.717) is 5.82 Å². The van der Waals surface area contributed by atoms with Crippen molar-refractivity contribution >= 4 is 21.5 Å². The molecule has 10 aromatic rings. The van der Waals surface area contributed by atoms with Gasteiger partial charge in [0.25, 0.3) is 0 Å². The summed E-state index contributed by atoms with van der Waals surface area (Å²) in [5, 5.41) is 5.03. The van der Waals surface area contributed by atoms with Gasteiger partial charge in [0.1, 0.15) is 0 Å². The van der Waals surface area contributed by atoms with Gasteiger partial charge in [0, 0.05) is 22.1 Å². The molecule has 1 heterocycles. The van der Waals surface area contributed by atoms with Crippen molar-refractivity contribution in [3.63, 3.8) is 0 Å². The van der Waals surface area contributed by atoms with Crippen molar-refractivity contribution in [3.8, 4) is 78.4 Å². The van der Waals surface area contributed by atoms with Crippen molar-refractivity contribution in [1.29, 1.82) is 0 Å². The first-order valence-corrected chi connectivity index (χ1v) is 20.4. The van der Waals surface area contributed by atoms with Crippen LogP contribution in [0.2, 0.25) is 0 Å². The Hall–Kier alpha value is -7.42. The topological polar surface area (TPSA) is 25.8 Å². The molecule has 0 saturated heterocycles. The molecule has 11 rings (SSSR count). The number of fused-ring (bicyclic) bond motifs is 5. The summed E-state index contributed by atoms with van der Waals surface area (Å²) >= 11 is 0. The Bertz CT molecular complexity index is 3220.